The van der Waals surface area contributed by atoms with Crippen molar-refractivity contribution in [3.05, 3.63) is 20.8 Å². The minimum absolute atomic E-state index is 0. The molecule has 6 heteroatoms. The number of amides is 1. The van der Waals surface area contributed by atoms with Gasteiger partial charge in [0.25, 0.3) is 5.91 Å². The van der Waals surface area contributed by atoms with Gasteiger partial charge in [-0.05, 0) is 59.8 Å². The van der Waals surface area contributed by atoms with Crippen molar-refractivity contribution >= 4 is 45.6 Å². The van der Waals surface area contributed by atoms with Gasteiger partial charge in [0.15, 0.2) is 0 Å². The second-order valence-electron chi connectivity index (χ2n) is 4.44. The van der Waals surface area contributed by atoms with Crippen molar-refractivity contribution in [2.75, 3.05) is 19.6 Å². The summed E-state index contributed by atoms with van der Waals surface area (Å²) in [5.74, 6) is 0.753. The highest BCUT2D eigenvalue weighted by Gasteiger charge is 2.24. The molecule has 1 aromatic heterocycles. The summed E-state index contributed by atoms with van der Waals surface area (Å²) in [6.45, 7) is 2.47. The van der Waals surface area contributed by atoms with E-state index in [1.807, 2.05) is 17.0 Å². The monoisotopic (exact) mass is 352 g/mol. The van der Waals surface area contributed by atoms with E-state index < -0.39 is 0 Å². The van der Waals surface area contributed by atoms with Crippen LogP contribution in [-0.4, -0.2) is 30.4 Å². The van der Waals surface area contributed by atoms with E-state index in [1.165, 1.54) is 17.8 Å². The second-order valence-corrected chi connectivity index (χ2v) is 6.90. The number of halogens is 2. The largest absolute Gasteiger partial charge is 0.338 e. The summed E-state index contributed by atoms with van der Waals surface area (Å²) >= 11 is 4.90. The molecule has 0 aliphatic carbocycles. The normalized spacial score (nSPS) is 19.4. The van der Waals surface area contributed by atoms with Crippen LogP contribution in [0.2, 0.25) is 0 Å². The van der Waals surface area contributed by atoms with E-state index in [9.17, 15) is 4.79 Å². The number of rotatable bonds is 3. The van der Waals surface area contributed by atoms with Crippen molar-refractivity contribution in [3.63, 3.8) is 0 Å². The Morgan fingerprint density at radius 2 is 2.33 bits per heavy atom. The van der Waals surface area contributed by atoms with Crippen molar-refractivity contribution in [3.8, 4) is 0 Å². The zero-order chi connectivity index (χ0) is 12.3. The van der Waals surface area contributed by atoms with Crippen molar-refractivity contribution in [2.45, 2.75) is 19.3 Å². The van der Waals surface area contributed by atoms with Gasteiger partial charge in [-0.1, -0.05) is 0 Å². The number of hydrogen-bond donors (Lipinski definition) is 1. The number of nitrogens with two attached hydrogens (primary N) is 1. The molecule has 1 aliphatic rings. The van der Waals surface area contributed by atoms with Crippen molar-refractivity contribution < 1.29 is 4.79 Å². The smallest absolute Gasteiger partial charge is 0.263 e. The van der Waals surface area contributed by atoms with Gasteiger partial charge in [-0.3, -0.25) is 4.79 Å². The van der Waals surface area contributed by atoms with E-state index in [4.69, 9.17) is 5.73 Å². The highest BCUT2D eigenvalue weighted by molar-refractivity contribution is 9.11. The van der Waals surface area contributed by atoms with Crippen LogP contribution in [0, 0.1) is 5.92 Å². The number of likely N-dealkylation sites (tertiary alicyclic amines) is 1. The summed E-state index contributed by atoms with van der Waals surface area (Å²) in [7, 11) is 0. The molecular weight excluding hydrogens is 336 g/mol. The van der Waals surface area contributed by atoms with Crippen molar-refractivity contribution in [2.24, 2.45) is 11.7 Å². The molecule has 0 spiro atoms. The summed E-state index contributed by atoms with van der Waals surface area (Å²) in [5, 5.41) is 0. The highest BCUT2D eigenvalue weighted by atomic mass is 79.9. The van der Waals surface area contributed by atoms with E-state index in [1.54, 1.807) is 0 Å². The maximum absolute atomic E-state index is 12.2. The fourth-order valence-electron chi connectivity index (χ4n) is 2.31. The standard InChI is InChI=1S/C12H17BrN2OS.ClH/c13-11-4-3-10(17-11)12(16)15-7-1-2-9(8-15)5-6-14;/h3-4,9H,1-2,5-8,14H2;1H. The maximum Gasteiger partial charge on any atom is 0.263 e. The molecule has 1 amide bonds. The Balaban J connectivity index is 0.00000162. The molecule has 1 aliphatic heterocycles. The summed E-state index contributed by atoms with van der Waals surface area (Å²) in [4.78, 5) is 15.0. The Hall–Kier alpha value is -0.100. The van der Waals surface area contributed by atoms with Gasteiger partial charge < -0.3 is 10.6 Å². The van der Waals surface area contributed by atoms with Crippen LogP contribution in [-0.2, 0) is 0 Å². The Morgan fingerprint density at radius 3 is 2.94 bits per heavy atom. The van der Waals surface area contributed by atoms with E-state index in [0.717, 1.165) is 41.1 Å². The molecule has 2 N–H and O–H groups in total. The fourth-order valence-corrected chi connectivity index (χ4v) is 3.66. The Bertz CT molecular complexity index is 397. The number of carbonyl (C=O) groups excluding carboxylic acids is 1. The van der Waals surface area contributed by atoms with Gasteiger partial charge in [0.1, 0.15) is 0 Å². The molecule has 18 heavy (non-hydrogen) atoms. The van der Waals surface area contributed by atoms with Crippen molar-refractivity contribution in [1.82, 2.24) is 4.90 Å². The predicted octanol–water partition coefficient (Wildman–Crippen LogP) is 3.13. The molecule has 102 valence electrons. The Morgan fingerprint density at radius 1 is 1.56 bits per heavy atom. The molecule has 1 atom stereocenters. The third-order valence-electron chi connectivity index (χ3n) is 3.17. The third-order valence-corrected chi connectivity index (χ3v) is 4.78. The summed E-state index contributed by atoms with van der Waals surface area (Å²) in [6, 6.07) is 3.82. The number of hydrogen-bond acceptors (Lipinski definition) is 3. The van der Waals surface area contributed by atoms with Crippen LogP contribution in [0.3, 0.4) is 0 Å². The summed E-state index contributed by atoms with van der Waals surface area (Å²) in [5.41, 5.74) is 5.59. The first-order valence-electron chi connectivity index (χ1n) is 5.95. The van der Waals surface area contributed by atoms with E-state index in [2.05, 4.69) is 15.9 Å². The van der Waals surface area contributed by atoms with Crippen molar-refractivity contribution in [1.29, 1.82) is 0 Å². The Kier molecular flexibility index (Phi) is 6.63. The lowest BCUT2D eigenvalue weighted by molar-refractivity contribution is 0.0674. The van der Waals surface area contributed by atoms with Gasteiger partial charge in [-0.15, -0.1) is 23.7 Å². The molecule has 0 saturated carbocycles. The van der Waals surface area contributed by atoms with E-state index in [0.29, 0.717) is 5.92 Å². The average Bonchev–Trinajstić information content (AvgIpc) is 2.76. The second kappa shape index (κ2) is 7.48. The molecule has 0 radical (unpaired) electrons. The first-order valence-corrected chi connectivity index (χ1v) is 7.56. The summed E-state index contributed by atoms with van der Waals surface area (Å²) < 4.78 is 1.01. The molecule has 1 saturated heterocycles. The zero-order valence-electron chi connectivity index (χ0n) is 10.1. The molecule has 2 heterocycles. The van der Waals surface area contributed by atoms with Gasteiger partial charge in [0.2, 0.25) is 0 Å². The quantitative estimate of drug-likeness (QED) is 0.907. The summed E-state index contributed by atoms with van der Waals surface area (Å²) in [6.07, 6.45) is 3.33. The first kappa shape index (κ1) is 16.0. The van der Waals surface area contributed by atoms with Crippen LogP contribution in [0.5, 0.6) is 0 Å². The number of piperidine rings is 1. The molecule has 1 unspecified atom stereocenters. The first-order chi connectivity index (χ1) is 8.20. The topological polar surface area (TPSA) is 46.3 Å². The third kappa shape index (κ3) is 3.95. The number of carbonyl (C=O) groups is 1. The lowest BCUT2D eigenvalue weighted by Crippen LogP contribution is -2.40. The van der Waals surface area contributed by atoms with Gasteiger partial charge in [0.05, 0.1) is 8.66 Å². The van der Waals surface area contributed by atoms with Gasteiger partial charge >= 0.3 is 0 Å². The average molecular weight is 354 g/mol. The van der Waals surface area contributed by atoms with Gasteiger partial charge in [-0.2, -0.15) is 0 Å². The fraction of sp³-hybridized carbons (Fsp3) is 0.583. The van der Waals surface area contributed by atoms with Crippen LogP contribution in [0.15, 0.2) is 15.9 Å². The molecule has 2 rings (SSSR count). The van der Waals surface area contributed by atoms with Gasteiger partial charge in [-0.25, -0.2) is 0 Å². The van der Waals surface area contributed by atoms with Crippen LogP contribution < -0.4 is 5.73 Å². The minimum Gasteiger partial charge on any atom is -0.338 e. The molecule has 3 nitrogen and oxygen atoms in total. The predicted molar refractivity (Wildman–Crippen MR) is 81.6 cm³/mol. The van der Waals surface area contributed by atoms with Gasteiger partial charge in [0, 0.05) is 13.1 Å². The van der Waals surface area contributed by atoms with E-state index >= 15 is 0 Å². The molecular formula is C12H18BrClN2OS. The molecule has 0 aromatic carbocycles. The lowest BCUT2D eigenvalue weighted by atomic mass is 9.95. The van der Waals surface area contributed by atoms with Crippen LogP contribution in [0.25, 0.3) is 0 Å². The zero-order valence-corrected chi connectivity index (χ0v) is 13.3. The minimum atomic E-state index is 0. The Labute approximate surface area is 126 Å². The molecule has 0 bridgehead atoms. The molecule has 1 aromatic rings. The number of thiophene rings is 1. The number of nitrogens with zero attached hydrogens (tertiary/aromatic N) is 1. The van der Waals surface area contributed by atoms with Crippen LogP contribution in [0.4, 0.5) is 0 Å². The van der Waals surface area contributed by atoms with Crippen LogP contribution in [0.1, 0.15) is 28.9 Å². The van der Waals surface area contributed by atoms with Crippen LogP contribution >= 0.6 is 39.7 Å². The lowest BCUT2D eigenvalue weighted by Gasteiger charge is -2.32. The molecule has 1 fully saturated rings. The van der Waals surface area contributed by atoms with E-state index in [-0.39, 0.29) is 18.3 Å². The maximum atomic E-state index is 12.2. The SMILES string of the molecule is Cl.NCCC1CCCN(C(=O)c2ccc(Br)s2)C1. The highest BCUT2D eigenvalue weighted by Crippen LogP contribution is 2.26.